The third kappa shape index (κ3) is 3.85. The lowest BCUT2D eigenvalue weighted by Crippen LogP contribution is -2.47. The van der Waals surface area contributed by atoms with Crippen molar-refractivity contribution in [3.05, 3.63) is 89.3 Å². The number of carbonyl (C=O) groups is 2. The van der Waals surface area contributed by atoms with E-state index in [0.29, 0.717) is 11.4 Å². The number of benzene rings is 2. The number of hydrogen-bond donors (Lipinski definition) is 4. The van der Waals surface area contributed by atoms with Gasteiger partial charge in [-0.15, -0.1) is 0 Å². The zero-order valence-corrected chi connectivity index (χ0v) is 16.7. The third-order valence-corrected chi connectivity index (χ3v) is 5.19. The number of fused-ring (bicyclic) bond motifs is 1. The van der Waals surface area contributed by atoms with Gasteiger partial charge in [0.1, 0.15) is 17.2 Å². The van der Waals surface area contributed by atoms with Crippen LogP contribution in [-0.2, 0) is 17.0 Å². The van der Waals surface area contributed by atoms with Crippen LogP contribution in [-0.4, -0.2) is 23.1 Å². The van der Waals surface area contributed by atoms with Crippen LogP contribution in [0.5, 0.6) is 0 Å². The molecule has 3 amide bonds. The number of aliphatic imine (C=N–C) groups is 1. The predicted octanol–water partition coefficient (Wildman–Crippen LogP) is 2.48. The van der Waals surface area contributed by atoms with E-state index < -0.39 is 17.6 Å². The molecule has 0 saturated heterocycles. The average Bonchev–Trinajstić information content (AvgIpc) is 3.08. The summed E-state index contributed by atoms with van der Waals surface area (Å²) in [5.41, 5.74) is 7.77. The number of carbonyl (C=O) groups excluding carboxylic acids is 2. The molecule has 0 radical (unpaired) electrons. The second-order valence-electron chi connectivity index (χ2n) is 7.24. The Morgan fingerprint density at radius 2 is 1.94 bits per heavy atom. The van der Waals surface area contributed by atoms with Gasteiger partial charge in [-0.05, 0) is 36.8 Å². The molecule has 5 N–H and O–H groups in total. The monoisotopic (exact) mass is 420 g/mol. The first-order chi connectivity index (χ1) is 14.9. The third-order valence-electron chi connectivity index (χ3n) is 5.19. The van der Waals surface area contributed by atoms with Gasteiger partial charge < -0.3 is 26.6 Å². The van der Waals surface area contributed by atoms with E-state index in [0.717, 1.165) is 11.1 Å². The molecule has 2 aromatic carbocycles. The van der Waals surface area contributed by atoms with Gasteiger partial charge in [0.15, 0.2) is 0 Å². The molecule has 0 aliphatic carbocycles. The van der Waals surface area contributed by atoms with Gasteiger partial charge in [0.2, 0.25) is 0 Å². The van der Waals surface area contributed by atoms with Crippen molar-refractivity contribution >= 4 is 23.8 Å². The van der Waals surface area contributed by atoms with Crippen molar-refractivity contribution in [3.63, 3.8) is 0 Å². The van der Waals surface area contributed by atoms with Gasteiger partial charge >= 0.3 is 6.03 Å². The fourth-order valence-electron chi connectivity index (χ4n) is 3.72. The molecule has 0 aromatic heterocycles. The summed E-state index contributed by atoms with van der Waals surface area (Å²) in [5.74, 6) is -0.961. The minimum atomic E-state index is -0.811. The molecule has 2 aromatic rings. The molecule has 9 heteroatoms. The molecule has 0 saturated carbocycles. The number of primary amides is 1. The topological polar surface area (TPSA) is 112 Å². The maximum atomic E-state index is 13.0. The number of hydrogen-bond acceptors (Lipinski definition) is 5. The Bertz CT molecular complexity index is 1130. The number of anilines is 1. The number of rotatable bonds is 5. The molecule has 2 aliphatic rings. The quantitative estimate of drug-likeness (QED) is 0.595. The van der Waals surface area contributed by atoms with E-state index in [2.05, 4.69) is 20.9 Å². The van der Waals surface area contributed by atoms with Crippen molar-refractivity contribution in [3.8, 4) is 0 Å². The van der Waals surface area contributed by atoms with Crippen LogP contribution in [0.15, 0.2) is 77.3 Å². The number of nitrogens with zero attached hydrogens (tertiary/aromatic N) is 2. The van der Waals surface area contributed by atoms with Gasteiger partial charge in [0, 0.05) is 30.2 Å². The van der Waals surface area contributed by atoms with Gasteiger partial charge in [-0.25, -0.2) is 9.18 Å². The van der Waals surface area contributed by atoms with Crippen LogP contribution in [0, 0.1) is 5.82 Å². The number of urea groups is 1. The van der Waals surface area contributed by atoms with Gasteiger partial charge in [-0.1, -0.05) is 24.3 Å². The van der Waals surface area contributed by atoms with Crippen LogP contribution in [0.25, 0.3) is 0 Å². The Morgan fingerprint density at radius 1 is 1.19 bits per heavy atom. The molecule has 0 bridgehead atoms. The predicted molar refractivity (Wildman–Crippen MR) is 115 cm³/mol. The highest BCUT2D eigenvalue weighted by molar-refractivity contribution is 5.99. The summed E-state index contributed by atoms with van der Waals surface area (Å²) < 4.78 is 13.0. The van der Waals surface area contributed by atoms with E-state index in [-0.39, 0.29) is 18.1 Å². The smallest absolute Gasteiger partial charge is 0.319 e. The van der Waals surface area contributed by atoms with Crippen LogP contribution in [0.3, 0.4) is 0 Å². The maximum absolute atomic E-state index is 13.0. The van der Waals surface area contributed by atoms with Gasteiger partial charge in [-0.2, -0.15) is 0 Å². The molecular weight excluding hydrogens is 399 g/mol. The van der Waals surface area contributed by atoms with Crippen molar-refractivity contribution in [1.29, 1.82) is 0 Å². The molecule has 158 valence electrons. The van der Waals surface area contributed by atoms with Crippen molar-refractivity contribution in [2.24, 2.45) is 10.7 Å². The number of nitrogens with one attached hydrogen (secondary N) is 3. The highest BCUT2D eigenvalue weighted by atomic mass is 19.1. The molecule has 1 unspecified atom stereocenters. The van der Waals surface area contributed by atoms with E-state index in [9.17, 15) is 14.0 Å². The van der Waals surface area contributed by atoms with Crippen LogP contribution in [0.2, 0.25) is 0 Å². The molecule has 4 rings (SSSR count). The highest BCUT2D eigenvalue weighted by Crippen LogP contribution is 2.38. The van der Waals surface area contributed by atoms with Crippen LogP contribution in [0.1, 0.15) is 18.1 Å². The fourth-order valence-corrected chi connectivity index (χ4v) is 3.72. The highest BCUT2D eigenvalue weighted by Gasteiger charge is 2.44. The average molecular weight is 420 g/mol. The maximum Gasteiger partial charge on any atom is 0.319 e. The second kappa shape index (κ2) is 7.94. The van der Waals surface area contributed by atoms with E-state index in [1.807, 2.05) is 36.1 Å². The number of nitrogens with two attached hydrogens (primary N) is 1. The van der Waals surface area contributed by atoms with Gasteiger partial charge in [-0.3, -0.25) is 9.79 Å². The fraction of sp³-hybridized carbons (Fsp3) is 0.136. The Kier molecular flexibility index (Phi) is 5.16. The molecule has 31 heavy (non-hydrogen) atoms. The minimum absolute atomic E-state index is 0.230. The first-order valence-electron chi connectivity index (χ1n) is 9.59. The van der Waals surface area contributed by atoms with Gasteiger partial charge in [0.25, 0.3) is 5.91 Å². The molecule has 0 spiro atoms. The molecule has 2 aliphatic heterocycles. The SMILES string of the molecule is CC1(c2ccccc2CNC(=O)Nc2ccc(F)cc2)NC(C(N)=O)=C2C=NC=CN21. The minimum Gasteiger partial charge on any atom is -0.364 e. The standard InChI is InChI=1S/C22H21FN6O2/c1-22(28-19(20(24)30)18-13-25-10-11-29(18)22)17-5-3-2-4-14(17)12-26-21(31)27-16-8-6-15(23)7-9-16/h2-11,13,28H,12H2,1H3,(H2,24,30)(H2,26,27,31). The number of halogens is 1. The van der Waals surface area contributed by atoms with Crippen molar-refractivity contribution in [2.75, 3.05) is 5.32 Å². The first kappa shape index (κ1) is 20.1. The summed E-state index contributed by atoms with van der Waals surface area (Å²) in [6.45, 7) is 2.15. The Labute approximate surface area is 178 Å². The van der Waals surface area contributed by atoms with Gasteiger partial charge in [0.05, 0.1) is 11.9 Å². The number of amides is 3. The summed E-state index contributed by atoms with van der Waals surface area (Å²) in [6, 6.07) is 12.6. The van der Waals surface area contributed by atoms with Crippen molar-refractivity contribution < 1.29 is 14.0 Å². The van der Waals surface area contributed by atoms with Crippen molar-refractivity contribution in [2.45, 2.75) is 19.1 Å². The summed E-state index contributed by atoms with van der Waals surface area (Å²) in [6.07, 6.45) is 4.98. The Balaban J connectivity index is 1.54. The van der Waals surface area contributed by atoms with Crippen molar-refractivity contribution in [1.82, 2.24) is 15.5 Å². The molecule has 2 heterocycles. The van der Waals surface area contributed by atoms with E-state index >= 15 is 0 Å². The second-order valence-corrected chi connectivity index (χ2v) is 7.24. The van der Waals surface area contributed by atoms with E-state index in [1.165, 1.54) is 24.3 Å². The number of allylic oxidation sites excluding steroid dienone is 1. The summed E-state index contributed by atoms with van der Waals surface area (Å²) in [7, 11) is 0. The zero-order valence-electron chi connectivity index (χ0n) is 16.7. The summed E-state index contributed by atoms with van der Waals surface area (Å²) >= 11 is 0. The summed E-state index contributed by atoms with van der Waals surface area (Å²) in [5, 5.41) is 8.70. The largest absolute Gasteiger partial charge is 0.364 e. The molecule has 1 atom stereocenters. The Hall–Kier alpha value is -4.14. The van der Waals surface area contributed by atoms with Crippen LogP contribution >= 0.6 is 0 Å². The molecule has 0 fully saturated rings. The normalized spacial score (nSPS) is 19.1. The zero-order chi connectivity index (χ0) is 22.0. The van der Waals surface area contributed by atoms with E-state index in [4.69, 9.17) is 5.73 Å². The van der Waals surface area contributed by atoms with Crippen LogP contribution < -0.4 is 21.7 Å². The van der Waals surface area contributed by atoms with E-state index in [1.54, 1.807) is 18.6 Å². The molecular formula is C22H21FN6O2. The first-order valence-corrected chi connectivity index (χ1v) is 9.59. The van der Waals surface area contributed by atoms with Crippen LogP contribution in [0.4, 0.5) is 14.9 Å². The summed E-state index contributed by atoms with van der Waals surface area (Å²) in [4.78, 5) is 30.3. The Morgan fingerprint density at radius 3 is 2.68 bits per heavy atom. The lowest BCUT2D eigenvalue weighted by Gasteiger charge is -2.38. The molecule has 8 nitrogen and oxygen atoms in total. The lowest BCUT2D eigenvalue weighted by atomic mass is 9.94. The lowest BCUT2D eigenvalue weighted by molar-refractivity contribution is -0.115.